The number of sulfonamides is 1. The number of halogens is 1. The third-order valence-electron chi connectivity index (χ3n) is 7.06. The van der Waals surface area contributed by atoms with Gasteiger partial charge >= 0.3 is 6.09 Å². The van der Waals surface area contributed by atoms with Gasteiger partial charge in [-0.15, -0.1) is 0 Å². The van der Waals surface area contributed by atoms with Crippen LogP contribution in [0.3, 0.4) is 0 Å². The van der Waals surface area contributed by atoms with Crippen LogP contribution in [-0.2, 0) is 21.2 Å². The van der Waals surface area contributed by atoms with E-state index in [9.17, 15) is 27.5 Å². The number of carboxylic acid groups (broad SMARTS) is 1. The van der Waals surface area contributed by atoms with E-state index in [0.717, 1.165) is 16.7 Å². The van der Waals surface area contributed by atoms with Crippen molar-refractivity contribution in [2.45, 2.75) is 32.4 Å². The Balaban J connectivity index is 1.64. The molecule has 3 aromatic rings. The Morgan fingerprint density at radius 2 is 1.54 bits per heavy atom. The number of hydrogen-bond donors (Lipinski definition) is 1. The lowest BCUT2D eigenvalue weighted by atomic mass is 9.91. The highest BCUT2D eigenvalue weighted by Gasteiger charge is 2.42. The zero-order valence-electron chi connectivity index (χ0n) is 20.6. The second kappa shape index (κ2) is 8.88. The molecular weight excluding hydrogens is 497 g/mol. The summed E-state index contributed by atoms with van der Waals surface area (Å²) in [5.41, 5.74) is 4.43. The van der Waals surface area contributed by atoms with Crippen LogP contribution < -0.4 is 14.1 Å². The van der Waals surface area contributed by atoms with Crippen LogP contribution in [0.5, 0.6) is 0 Å². The first-order valence-corrected chi connectivity index (χ1v) is 13.6. The van der Waals surface area contributed by atoms with E-state index in [1.807, 2.05) is 12.1 Å². The van der Waals surface area contributed by atoms with Crippen molar-refractivity contribution in [3.63, 3.8) is 0 Å². The van der Waals surface area contributed by atoms with Gasteiger partial charge in [-0.25, -0.2) is 17.6 Å². The lowest BCUT2D eigenvalue weighted by molar-refractivity contribution is -0.117. The average Bonchev–Trinajstić information content (AvgIpc) is 3.27. The number of hydrogen-bond acceptors (Lipinski definition) is 4. The highest BCUT2D eigenvalue weighted by molar-refractivity contribution is 7.92. The lowest BCUT2D eigenvalue weighted by Gasteiger charge is -2.46. The molecular formula is C27H26FN3O5S. The second-order valence-corrected chi connectivity index (χ2v) is 11.3. The van der Waals surface area contributed by atoms with Crippen LogP contribution >= 0.6 is 0 Å². The van der Waals surface area contributed by atoms with Crippen LogP contribution in [0.2, 0.25) is 0 Å². The van der Waals surface area contributed by atoms with Crippen molar-refractivity contribution < 1.29 is 27.5 Å². The summed E-state index contributed by atoms with van der Waals surface area (Å²) in [6.07, 6.45) is 0.560. The summed E-state index contributed by atoms with van der Waals surface area (Å²) in [7, 11) is -3.38. The molecule has 2 amide bonds. The molecule has 192 valence electrons. The van der Waals surface area contributed by atoms with Crippen LogP contribution in [-0.4, -0.2) is 44.4 Å². The van der Waals surface area contributed by atoms with E-state index >= 15 is 0 Å². The minimum Gasteiger partial charge on any atom is -0.465 e. The number of amides is 2. The molecule has 0 radical (unpaired) electrons. The first-order valence-electron chi connectivity index (χ1n) is 11.8. The highest BCUT2D eigenvalue weighted by Crippen LogP contribution is 2.46. The van der Waals surface area contributed by atoms with Crippen molar-refractivity contribution >= 4 is 39.1 Å². The first-order chi connectivity index (χ1) is 17.5. The van der Waals surface area contributed by atoms with Gasteiger partial charge in [0, 0.05) is 13.5 Å². The fourth-order valence-corrected chi connectivity index (χ4v) is 6.45. The van der Waals surface area contributed by atoms with Gasteiger partial charge in [0.15, 0.2) is 0 Å². The molecule has 5 rings (SSSR count). The van der Waals surface area contributed by atoms with E-state index in [-0.39, 0.29) is 5.91 Å². The standard InChI is InChI=1S/C27H26FN3O5S/c1-16-26(18-4-8-22(28)9-5-18)31(27(33)34)25-15-20(7-11-24(25)30(16)17(2)32)19-6-10-23-21(14-19)12-13-29(23)37(3,35)36/h4-11,14-16,26H,12-13H2,1-3H3,(H,33,34)/t16-,26?/m0/s1. The Kier molecular flexibility index (Phi) is 5.94. The third kappa shape index (κ3) is 4.21. The number of carbonyl (C=O) groups excluding carboxylic acids is 1. The van der Waals surface area contributed by atoms with Crippen LogP contribution in [0.4, 0.5) is 26.2 Å². The van der Waals surface area contributed by atoms with Gasteiger partial charge in [0.25, 0.3) is 0 Å². The largest absolute Gasteiger partial charge is 0.465 e. The molecule has 1 N–H and O–H groups in total. The van der Waals surface area contributed by atoms with Gasteiger partial charge < -0.3 is 10.0 Å². The van der Waals surface area contributed by atoms with Gasteiger partial charge in [-0.05, 0) is 72.0 Å². The number of fused-ring (bicyclic) bond motifs is 2. The molecule has 3 aromatic carbocycles. The molecule has 0 aliphatic carbocycles. The number of nitrogens with zero attached hydrogens (tertiary/aromatic N) is 3. The van der Waals surface area contributed by atoms with Crippen molar-refractivity contribution in [1.29, 1.82) is 0 Å². The molecule has 10 heteroatoms. The van der Waals surface area contributed by atoms with Crippen LogP contribution in [0.15, 0.2) is 60.7 Å². The maximum atomic E-state index is 13.6. The van der Waals surface area contributed by atoms with Crippen LogP contribution in [0, 0.1) is 5.82 Å². The maximum absolute atomic E-state index is 13.6. The minimum atomic E-state index is -3.38. The van der Waals surface area contributed by atoms with Crippen molar-refractivity contribution in [1.82, 2.24) is 0 Å². The van der Waals surface area contributed by atoms with E-state index < -0.39 is 34.0 Å². The average molecular weight is 524 g/mol. The molecule has 1 unspecified atom stereocenters. The SMILES string of the molecule is CC(=O)N1c2ccc(-c3ccc4c(c3)CCN4S(C)(=O)=O)cc2N(C(=O)O)C(c2ccc(F)cc2)[C@@H]1C. The maximum Gasteiger partial charge on any atom is 0.412 e. The zero-order chi connectivity index (χ0) is 26.6. The van der Waals surface area contributed by atoms with Gasteiger partial charge in [-0.3, -0.25) is 14.0 Å². The van der Waals surface area contributed by atoms with Crippen LogP contribution in [0.25, 0.3) is 11.1 Å². The molecule has 0 saturated heterocycles. The molecule has 0 bridgehead atoms. The van der Waals surface area contributed by atoms with E-state index in [0.29, 0.717) is 35.6 Å². The molecule has 2 aliphatic heterocycles. The Labute approximate surface area is 214 Å². The van der Waals surface area contributed by atoms with E-state index in [4.69, 9.17) is 0 Å². The monoisotopic (exact) mass is 523 g/mol. The summed E-state index contributed by atoms with van der Waals surface area (Å²) in [6.45, 7) is 3.58. The van der Waals surface area contributed by atoms with Crippen molar-refractivity contribution in [2.24, 2.45) is 0 Å². The Morgan fingerprint density at radius 1 is 0.919 bits per heavy atom. The fourth-order valence-electron chi connectivity index (χ4n) is 5.49. The molecule has 0 aromatic heterocycles. The molecule has 2 aliphatic rings. The Hall–Kier alpha value is -3.92. The Bertz CT molecular complexity index is 1520. The lowest BCUT2D eigenvalue weighted by Crippen LogP contribution is -2.53. The predicted octanol–water partition coefficient (Wildman–Crippen LogP) is 4.80. The number of anilines is 3. The molecule has 0 fully saturated rings. The predicted molar refractivity (Wildman–Crippen MR) is 140 cm³/mol. The normalized spacial score (nSPS) is 19.0. The summed E-state index contributed by atoms with van der Waals surface area (Å²) in [5.74, 6) is -0.678. The summed E-state index contributed by atoms with van der Waals surface area (Å²) in [5, 5.41) is 10.3. The topological polar surface area (TPSA) is 98.2 Å². The number of benzene rings is 3. The van der Waals surface area contributed by atoms with Crippen LogP contribution in [0.1, 0.15) is 31.0 Å². The van der Waals surface area contributed by atoms with Gasteiger partial charge in [0.1, 0.15) is 5.82 Å². The first kappa shape index (κ1) is 24.8. The molecule has 37 heavy (non-hydrogen) atoms. The quantitative estimate of drug-likeness (QED) is 0.532. The Morgan fingerprint density at radius 3 is 2.14 bits per heavy atom. The zero-order valence-corrected chi connectivity index (χ0v) is 21.4. The molecule has 0 spiro atoms. The molecule has 2 atom stereocenters. The van der Waals surface area contributed by atoms with Gasteiger partial charge in [-0.1, -0.05) is 24.3 Å². The van der Waals surface area contributed by atoms with E-state index in [2.05, 4.69) is 0 Å². The molecule has 0 saturated carbocycles. The summed E-state index contributed by atoms with van der Waals surface area (Å²) >= 11 is 0. The minimum absolute atomic E-state index is 0.239. The molecule has 8 nitrogen and oxygen atoms in total. The van der Waals surface area contributed by atoms with Gasteiger partial charge in [-0.2, -0.15) is 0 Å². The number of carbonyl (C=O) groups is 2. The van der Waals surface area contributed by atoms with Crippen molar-refractivity contribution in [3.05, 3.63) is 77.6 Å². The van der Waals surface area contributed by atoms with Gasteiger partial charge in [0.2, 0.25) is 15.9 Å². The number of rotatable bonds is 3. The summed E-state index contributed by atoms with van der Waals surface area (Å²) in [4.78, 5) is 28.1. The third-order valence-corrected chi connectivity index (χ3v) is 8.24. The second-order valence-electron chi connectivity index (χ2n) is 9.41. The fraction of sp³-hybridized carbons (Fsp3) is 0.259. The summed E-state index contributed by atoms with van der Waals surface area (Å²) < 4.78 is 39.2. The van der Waals surface area contributed by atoms with E-state index in [1.54, 1.807) is 36.1 Å². The van der Waals surface area contributed by atoms with Crippen molar-refractivity contribution in [2.75, 3.05) is 26.9 Å². The smallest absolute Gasteiger partial charge is 0.412 e. The van der Waals surface area contributed by atoms with E-state index in [1.165, 1.54) is 46.7 Å². The highest BCUT2D eigenvalue weighted by atomic mass is 32.2. The van der Waals surface area contributed by atoms with Crippen molar-refractivity contribution in [3.8, 4) is 11.1 Å². The summed E-state index contributed by atoms with van der Waals surface area (Å²) in [6, 6.07) is 15.1. The van der Waals surface area contributed by atoms with Gasteiger partial charge in [0.05, 0.1) is 35.4 Å². The molecule has 2 heterocycles.